The molecule has 1 aromatic carbocycles. The van der Waals surface area contributed by atoms with Gasteiger partial charge in [0.1, 0.15) is 0 Å². The molecule has 4 nitrogen and oxygen atoms in total. The van der Waals surface area contributed by atoms with Gasteiger partial charge in [0.05, 0.1) is 16.7 Å². The first-order chi connectivity index (χ1) is 9.24. The molecule has 0 aliphatic rings. The fourth-order valence-corrected chi connectivity index (χ4v) is 2.88. The van der Waals surface area contributed by atoms with Gasteiger partial charge in [-0.1, -0.05) is 31.3 Å². The predicted octanol–water partition coefficient (Wildman–Crippen LogP) is 3.68. The van der Waals surface area contributed by atoms with Crippen molar-refractivity contribution >= 4 is 22.8 Å². The third kappa shape index (κ3) is 3.62. The van der Waals surface area contributed by atoms with Gasteiger partial charge in [0.2, 0.25) is 0 Å². The Bertz CT molecular complexity index is 691. The Morgan fingerprint density at radius 3 is 2.67 bits per heavy atom. The zero-order valence-electron chi connectivity index (χ0n) is 11.5. The summed E-state index contributed by atoms with van der Waals surface area (Å²) in [4.78, 5) is 12.3. The smallest absolute Gasteiger partial charge is 0.166 e. The van der Waals surface area contributed by atoms with Gasteiger partial charge in [0, 0.05) is 11.9 Å². The number of H-pyrrole nitrogens is 1. The van der Waals surface area contributed by atoms with Gasteiger partial charge in [-0.15, -0.1) is 0 Å². The minimum atomic E-state index is 0. The molecule has 5 heteroatoms. The number of rotatable bonds is 3. The molecule has 0 amide bonds. The van der Waals surface area contributed by atoms with Gasteiger partial charge in [-0.05, 0) is 43.2 Å². The Balaban J connectivity index is 0.00000110. The number of hydrogen-bond donors (Lipinski definition) is 1. The Morgan fingerprint density at radius 1 is 1.14 bits per heavy atom. The van der Waals surface area contributed by atoms with E-state index < -0.39 is 0 Å². The zero-order valence-corrected chi connectivity index (χ0v) is 12.3. The fourth-order valence-electron chi connectivity index (χ4n) is 1.97. The number of nitrogens with one attached hydrogen (secondary N) is 1. The number of thioether (sulfide) groups is 1. The lowest BCUT2D eigenvalue weighted by molar-refractivity contribution is 0.824. The molecule has 21 heavy (non-hydrogen) atoms. The van der Waals surface area contributed by atoms with Crippen LogP contribution in [0.3, 0.4) is 0 Å². The minimum absolute atomic E-state index is 0. The number of imidazole rings is 1. The molecule has 2 aromatic heterocycles. The average molecular weight is 303 g/mol. The summed E-state index contributed by atoms with van der Waals surface area (Å²) in [5, 5.41) is 0.948. The first-order valence-electron chi connectivity index (χ1n) is 6.22. The third-order valence-electron chi connectivity index (χ3n) is 3.29. The molecular formula is C16H21N3OS. The molecule has 0 atom stereocenters. The highest BCUT2D eigenvalue weighted by Gasteiger charge is 2.06. The van der Waals surface area contributed by atoms with Crippen LogP contribution < -0.4 is 0 Å². The van der Waals surface area contributed by atoms with Crippen molar-refractivity contribution in [1.29, 1.82) is 0 Å². The van der Waals surface area contributed by atoms with E-state index in [1.54, 1.807) is 11.8 Å². The van der Waals surface area contributed by atoms with Crippen LogP contribution in [0.25, 0.3) is 11.0 Å². The lowest BCUT2D eigenvalue weighted by atomic mass is 10.1. The van der Waals surface area contributed by atoms with E-state index in [0.717, 1.165) is 27.6 Å². The second-order valence-corrected chi connectivity index (χ2v) is 5.51. The summed E-state index contributed by atoms with van der Waals surface area (Å²) < 4.78 is 0. The number of fused-ring (bicyclic) bond motifs is 1. The van der Waals surface area contributed by atoms with E-state index in [9.17, 15) is 0 Å². The fraction of sp³-hybridized carbons (Fsp3) is 0.250. The second-order valence-electron chi connectivity index (χ2n) is 4.55. The zero-order chi connectivity index (χ0) is 13.2. The average Bonchev–Trinajstić information content (AvgIpc) is 2.83. The van der Waals surface area contributed by atoms with E-state index in [1.165, 1.54) is 11.1 Å². The van der Waals surface area contributed by atoms with E-state index in [4.69, 9.17) is 0 Å². The Hall–Kier alpha value is -1.85. The van der Waals surface area contributed by atoms with Gasteiger partial charge in [0.15, 0.2) is 5.16 Å². The normalized spacial score (nSPS) is 10.0. The quantitative estimate of drug-likeness (QED) is 0.750. The molecule has 3 N–H and O–H groups in total. The number of para-hydroxylation sites is 2. The monoisotopic (exact) mass is 303 g/mol. The molecule has 0 unspecified atom stereocenters. The van der Waals surface area contributed by atoms with Crippen LogP contribution in [0.1, 0.15) is 24.2 Å². The molecule has 3 rings (SSSR count). The Labute approximate surface area is 129 Å². The molecule has 0 fully saturated rings. The molecule has 3 aromatic rings. The highest BCUT2D eigenvalue weighted by molar-refractivity contribution is 7.98. The van der Waals surface area contributed by atoms with Crippen LogP contribution in [0, 0.1) is 13.8 Å². The van der Waals surface area contributed by atoms with E-state index in [-0.39, 0.29) is 12.9 Å². The number of hydrogen-bond acceptors (Lipinski definition) is 3. The number of aromatic nitrogens is 3. The van der Waals surface area contributed by atoms with Gasteiger partial charge in [-0.25, -0.2) is 4.98 Å². The van der Waals surface area contributed by atoms with Crippen LogP contribution in [0.15, 0.2) is 41.7 Å². The lowest BCUT2D eigenvalue weighted by Crippen LogP contribution is -1.94. The first kappa shape index (κ1) is 17.2. The van der Waals surface area contributed by atoms with Crippen molar-refractivity contribution in [3.63, 3.8) is 0 Å². The largest absolute Gasteiger partial charge is 0.412 e. The summed E-state index contributed by atoms with van der Waals surface area (Å²) in [6, 6.07) is 10.1. The summed E-state index contributed by atoms with van der Waals surface area (Å²) in [7, 11) is 0. The maximum atomic E-state index is 4.56. The number of aromatic amines is 1. The van der Waals surface area contributed by atoms with Crippen molar-refractivity contribution in [3.05, 3.63) is 53.3 Å². The van der Waals surface area contributed by atoms with Gasteiger partial charge in [0.25, 0.3) is 0 Å². The van der Waals surface area contributed by atoms with Crippen LogP contribution >= 0.6 is 11.8 Å². The maximum Gasteiger partial charge on any atom is 0.166 e. The summed E-state index contributed by atoms with van der Waals surface area (Å²) in [5.41, 5.74) is 5.78. The summed E-state index contributed by atoms with van der Waals surface area (Å²) in [6.07, 6.45) is 1.87. The Morgan fingerprint density at radius 2 is 1.90 bits per heavy atom. The minimum Gasteiger partial charge on any atom is -0.412 e. The highest BCUT2D eigenvalue weighted by atomic mass is 32.2. The third-order valence-corrected chi connectivity index (χ3v) is 4.18. The van der Waals surface area contributed by atoms with Crippen molar-refractivity contribution < 1.29 is 5.48 Å². The predicted molar refractivity (Wildman–Crippen MR) is 89.7 cm³/mol. The molecule has 2 heterocycles. The molecule has 0 bridgehead atoms. The number of aryl methyl sites for hydroxylation is 1. The van der Waals surface area contributed by atoms with Crippen LogP contribution in [0.5, 0.6) is 0 Å². The lowest BCUT2D eigenvalue weighted by Gasteiger charge is -2.05. The van der Waals surface area contributed by atoms with E-state index in [0.29, 0.717) is 0 Å². The number of benzene rings is 1. The van der Waals surface area contributed by atoms with Crippen LogP contribution in [-0.2, 0) is 5.75 Å². The second kappa shape index (κ2) is 7.24. The SMILES string of the molecule is C.Cc1ccnc(CSc2nc3ccccc3[nH]2)c1C.O. The maximum absolute atomic E-state index is 4.56. The molecule has 0 aliphatic carbocycles. The summed E-state index contributed by atoms with van der Waals surface area (Å²) in [5.74, 6) is 0.841. The first-order valence-corrected chi connectivity index (χ1v) is 7.21. The molecular weight excluding hydrogens is 282 g/mol. The Kier molecular flexibility index (Phi) is 5.93. The van der Waals surface area contributed by atoms with Crippen LogP contribution in [0.2, 0.25) is 0 Å². The molecule has 112 valence electrons. The van der Waals surface area contributed by atoms with Gasteiger partial charge >= 0.3 is 0 Å². The van der Waals surface area contributed by atoms with Crippen molar-refractivity contribution in [3.8, 4) is 0 Å². The van der Waals surface area contributed by atoms with E-state index in [2.05, 4.69) is 28.8 Å². The standard InChI is InChI=1S/C15H15N3S.CH4.H2O/c1-10-7-8-16-14(11(10)2)9-19-15-17-12-5-3-4-6-13(12)18-15;;/h3-8H,9H2,1-2H3,(H,17,18);1H4;1H2. The van der Waals surface area contributed by atoms with Crippen molar-refractivity contribution in [1.82, 2.24) is 15.0 Å². The number of nitrogens with zero attached hydrogens (tertiary/aromatic N) is 2. The molecule has 0 saturated heterocycles. The van der Waals surface area contributed by atoms with E-state index >= 15 is 0 Å². The van der Waals surface area contributed by atoms with E-state index in [1.807, 2.05) is 36.5 Å². The van der Waals surface area contributed by atoms with Gasteiger partial charge in [-0.2, -0.15) is 0 Å². The summed E-state index contributed by atoms with van der Waals surface area (Å²) in [6.45, 7) is 4.24. The molecule has 0 spiro atoms. The van der Waals surface area contributed by atoms with Gasteiger partial charge < -0.3 is 10.5 Å². The number of pyridine rings is 1. The van der Waals surface area contributed by atoms with Crippen LogP contribution in [-0.4, -0.2) is 20.4 Å². The molecule has 0 radical (unpaired) electrons. The molecule has 0 aliphatic heterocycles. The van der Waals surface area contributed by atoms with Crippen molar-refractivity contribution in [2.75, 3.05) is 0 Å². The summed E-state index contributed by atoms with van der Waals surface area (Å²) >= 11 is 1.69. The van der Waals surface area contributed by atoms with Gasteiger partial charge in [-0.3, -0.25) is 4.98 Å². The van der Waals surface area contributed by atoms with Crippen LogP contribution in [0.4, 0.5) is 0 Å². The highest BCUT2D eigenvalue weighted by Crippen LogP contribution is 2.24. The van der Waals surface area contributed by atoms with Crippen molar-refractivity contribution in [2.24, 2.45) is 0 Å². The topological polar surface area (TPSA) is 73.1 Å². The molecule has 0 saturated carbocycles. The van der Waals surface area contributed by atoms with Crippen molar-refractivity contribution in [2.45, 2.75) is 32.2 Å².